The Morgan fingerprint density at radius 3 is 2.73 bits per heavy atom. The Balaban J connectivity index is 2.31. The van der Waals surface area contributed by atoms with Gasteiger partial charge in [-0.05, 0) is 31.9 Å². The van der Waals surface area contributed by atoms with Gasteiger partial charge in [-0.3, -0.25) is 0 Å². The van der Waals surface area contributed by atoms with Crippen molar-refractivity contribution < 1.29 is 0 Å². The van der Waals surface area contributed by atoms with Gasteiger partial charge in [0.25, 0.3) is 0 Å². The van der Waals surface area contributed by atoms with Crippen LogP contribution in [0.2, 0.25) is 0 Å². The molecule has 0 bridgehead atoms. The van der Waals surface area contributed by atoms with E-state index >= 15 is 0 Å². The Morgan fingerprint density at radius 2 is 2.07 bits per heavy atom. The van der Waals surface area contributed by atoms with E-state index in [-0.39, 0.29) is 0 Å². The molecule has 1 aromatic rings. The Kier molecular flexibility index (Phi) is 2.96. The lowest BCUT2D eigenvalue weighted by molar-refractivity contribution is 0.482. The highest BCUT2D eigenvalue weighted by Gasteiger charge is 2.28. The van der Waals surface area contributed by atoms with Gasteiger partial charge >= 0.3 is 0 Å². The van der Waals surface area contributed by atoms with Crippen molar-refractivity contribution in [3.8, 4) is 0 Å². The molecule has 2 rings (SSSR count). The predicted molar refractivity (Wildman–Crippen MR) is 64.8 cm³/mol. The summed E-state index contributed by atoms with van der Waals surface area (Å²) in [7, 11) is 0. The Labute approximate surface area is 92.3 Å². The first kappa shape index (κ1) is 10.5. The first-order valence-electron chi connectivity index (χ1n) is 5.88. The smallest absolute Gasteiger partial charge is 0.0571 e. The molecular weight excluding hydrogens is 184 g/mol. The summed E-state index contributed by atoms with van der Waals surface area (Å²) in [5.41, 5.74) is 6.39. The molecule has 0 saturated carbocycles. The highest BCUT2D eigenvalue weighted by Crippen LogP contribution is 2.35. The summed E-state index contributed by atoms with van der Waals surface area (Å²) in [4.78, 5) is 0. The van der Waals surface area contributed by atoms with E-state index in [1.165, 1.54) is 24.1 Å². The number of nitrogens with one attached hydrogen (secondary N) is 1. The van der Waals surface area contributed by atoms with Crippen molar-refractivity contribution in [3.05, 3.63) is 29.8 Å². The number of fused-ring (bicyclic) bond motifs is 1. The molecule has 0 fully saturated rings. The summed E-state index contributed by atoms with van der Waals surface area (Å²) in [6, 6.07) is 9.71. The fourth-order valence-electron chi connectivity index (χ4n) is 2.24. The van der Waals surface area contributed by atoms with Gasteiger partial charge in [-0.15, -0.1) is 0 Å². The molecule has 0 aliphatic carbocycles. The molecular formula is C13H20N2. The quantitative estimate of drug-likeness (QED) is 0.813. The van der Waals surface area contributed by atoms with E-state index < -0.39 is 0 Å². The van der Waals surface area contributed by atoms with Gasteiger partial charge in [-0.2, -0.15) is 0 Å². The summed E-state index contributed by atoms with van der Waals surface area (Å²) in [6.45, 7) is 6.68. The zero-order chi connectivity index (χ0) is 10.8. The van der Waals surface area contributed by atoms with Crippen LogP contribution in [0, 0.1) is 0 Å². The van der Waals surface area contributed by atoms with Crippen molar-refractivity contribution in [2.24, 2.45) is 0 Å². The van der Waals surface area contributed by atoms with E-state index in [0.29, 0.717) is 12.1 Å². The summed E-state index contributed by atoms with van der Waals surface area (Å²) >= 11 is 0. The molecule has 0 saturated heterocycles. The summed E-state index contributed by atoms with van der Waals surface area (Å²) in [6.07, 6.45) is 2.43. The van der Waals surface area contributed by atoms with E-state index in [2.05, 4.69) is 55.5 Å². The molecule has 1 unspecified atom stereocenters. The van der Waals surface area contributed by atoms with Crippen molar-refractivity contribution in [1.82, 2.24) is 5.43 Å². The lowest BCUT2D eigenvalue weighted by Gasteiger charge is -2.25. The van der Waals surface area contributed by atoms with E-state index in [9.17, 15) is 0 Å². The molecule has 82 valence electrons. The molecule has 0 spiro atoms. The molecule has 0 aromatic heterocycles. The molecule has 2 heteroatoms. The number of anilines is 1. The average Bonchev–Trinajstić information content (AvgIpc) is 2.59. The van der Waals surface area contributed by atoms with E-state index in [1.54, 1.807) is 0 Å². The number of benzene rings is 1. The monoisotopic (exact) mass is 204 g/mol. The average molecular weight is 204 g/mol. The molecule has 0 radical (unpaired) electrons. The normalized spacial score (nSPS) is 19.7. The molecule has 0 amide bonds. The molecule has 1 aliphatic heterocycles. The number of nitrogens with zero attached hydrogens (tertiary/aromatic N) is 1. The zero-order valence-corrected chi connectivity index (χ0v) is 9.83. The number of para-hydroxylation sites is 1. The fraction of sp³-hybridized carbons (Fsp3) is 0.538. The minimum atomic E-state index is 0.507. The third kappa shape index (κ3) is 1.86. The van der Waals surface area contributed by atoms with Crippen LogP contribution < -0.4 is 10.4 Å². The minimum Gasteiger partial charge on any atom is -0.305 e. The van der Waals surface area contributed by atoms with Crippen molar-refractivity contribution in [2.75, 3.05) is 5.01 Å². The van der Waals surface area contributed by atoms with E-state index in [4.69, 9.17) is 0 Å². The predicted octanol–water partition coefficient (Wildman–Crippen LogP) is 3.26. The maximum absolute atomic E-state index is 3.59. The molecule has 1 heterocycles. The maximum atomic E-state index is 3.59. The van der Waals surface area contributed by atoms with Crippen molar-refractivity contribution in [1.29, 1.82) is 0 Å². The van der Waals surface area contributed by atoms with Gasteiger partial charge in [-0.1, -0.05) is 31.5 Å². The fourth-order valence-corrected chi connectivity index (χ4v) is 2.24. The van der Waals surface area contributed by atoms with Gasteiger partial charge in [-0.25, -0.2) is 5.43 Å². The van der Waals surface area contributed by atoms with Crippen LogP contribution in [-0.2, 0) is 0 Å². The molecule has 1 aromatic carbocycles. The largest absolute Gasteiger partial charge is 0.305 e. The molecule has 1 N–H and O–H groups in total. The molecule has 1 atom stereocenters. The van der Waals surface area contributed by atoms with Crippen LogP contribution in [0.15, 0.2) is 24.3 Å². The van der Waals surface area contributed by atoms with Crippen LogP contribution in [0.1, 0.15) is 45.2 Å². The van der Waals surface area contributed by atoms with Crippen molar-refractivity contribution in [2.45, 2.75) is 45.7 Å². The molecule has 1 aliphatic rings. The Morgan fingerprint density at radius 1 is 1.33 bits per heavy atom. The summed E-state index contributed by atoms with van der Waals surface area (Å²) < 4.78 is 0. The van der Waals surface area contributed by atoms with Crippen molar-refractivity contribution in [3.63, 3.8) is 0 Å². The number of rotatable bonds is 3. The lowest BCUT2D eigenvalue weighted by Crippen LogP contribution is -2.39. The van der Waals surface area contributed by atoms with Gasteiger partial charge in [0.2, 0.25) is 0 Å². The van der Waals surface area contributed by atoms with Crippen LogP contribution >= 0.6 is 0 Å². The van der Waals surface area contributed by atoms with Crippen LogP contribution in [0.4, 0.5) is 5.69 Å². The third-order valence-corrected chi connectivity index (χ3v) is 2.96. The number of hydrogen-bond acceptors (Lipinski definition) is 2. The second-order valence-corrected chi connectivity index (χ2v) is 4.49. The Bertz CT molecular complexity index is 333. The van der Waals surface area contributed by atoms with Gasteiger partial charge in [0.1, 0.15) is 0 Å². The third-order valence-electron chi connectivity index (χ3n) is 2.96. The molecule has 15 heavy (non-hydrogen) atoms. The first-order chi connectivity index (χ1) is 7.24. The standard InChI is InChI=1S/C13H20N2/c1-4-7-12-11-8-5-6-9-13(11)15(14-12)10(2)3/h5-6,8-10,12,14H,4,7H2,1-3H3. The topological polar surface area (TPSA) is 15.3 Å². The maximum Gasteiger partial charge on any atom is 0.0571 e. The van der Waals surface area contributed by atoms with E-state index in [1.807, 2.05) is 0 Å². The lowest BCUT2D eigenvalue weighted by atomic mass is 10.0. The van der Waals surface area contributed by atoms with Gasteiger partial charge in [0, 0.05) is 6.04 Å². The van der Waals surface area contributed by atoms with Crippen LogP contribution in [0.25, 0.3) is 0 Å². The van der Waals surface area contributed by atoms with Gasteiger partial charge < -0.3 is 5.01 Å². The van der Waals surface area contributed by atoms with Crippen molar-refractivity contribution >= 4 is 5.69 Å². The van der Waals surface area contributed by atoms with Gasteiger partial charge in [0.15, 0.2) is 0 Å². The SMILES string of the molecule is CCCC1NN(C(C)C)c2ccccc21. The highest BCUT2D eigenvalue weighted by molar-refractivity contribution is 5.58. The second-order valence-electron chi connectivity index (χ2n) is 4.49. The van der Waals surface area contributed by atoms with E-state index in [0.717, 1.165) is 0 Å². The molecule has 2 nitrogen and oxygen atoms in total. The van der Waals surface area contributed by atoms with Crippen LogP contribution in [0.5, 0.6) is 0 Å². The highest BCUT2D eigenvalue weighted by atomic mass is 15.5. The van der Waals surface area contributed by atoms with Gasteiger partial charge in [0.05, 0.1) is 11.7 Å². The van der Waals surface area contributed by atoms with Crippen LogP contribution in [-0.4, -0.2) is 6.04 Å². The summed E-state index contributed by atoms with van der Waals surface area (Å²) in [5, 5.41) is 2.29. The first-order valence-corrected chi connectivity index (χ1v) is 5.88. The number of hydrogen-bond donors (Lipinski definition) is 1. The summed E-state index contributed by atoms with van der Waals surface area (Å²) in [5.74, 6) is 0. The Hall–Kier alpha value is -1.02. The minimum absolute atomic E-state index is 0.507. The zero-order valence-electron chi connectivity index (χ0n) is 9.83. The van der Waals surface area contributed by atoms with Crippen LogP contribution in [0.3, 0.4) is 0 Å². The second kappa shape index (κ2) is 4.23. The number of hydrazine groups is 1.